The Bertz CT molecular complexity index is 405. The van der Waals surface area contributed by atoms with Crippen molar-refractivity contribution < 1.29 is 4.74 Å². The second-order valence-corrected chi connectivity index (χ2v) is 9.37. The van der Waals surface area contributed by atoms with Crippen LogP contribution in [0.15, 0.2) is 0 Å². The number of fused-ring (bicyclic) bond motifs is 5. The highest BCUT2D eigenvalue weighted by Gasteiger charge is 2.57. The molecule has 0 amide bonds. The van der Waals surface area contributed by atoms with Crippen LogP contribution in [0.3, 0.4) is 0 Å². The highest BCUT2D eigenvalue weighted by Crippen LogP contribution is 2.66. The summed E-state index contributed by atoms with van der Waals surface area (Å²) in [5.74, 6) is 4.11. The maximum Gasteiger partial charge on any atom is 0.0574 e. The Morgan fingerprint density at radius 1 is 0.857 bits per heavy atom. The summed E-state index contributed by atoms with van der Waals surface area (Å²) >= 11 is 0. The molecular formula is C20H34O. The molecule has 0 spiro atoms. The lowest BCUT2D eigenvalue weighted by molar-refractivity contribution is -0.125. The van der Waals surface area contributed by atoms with E-state index in [4.69, 9.17) is 4.74 Å². The van der Waals surface area contributed by atoms with Crippen molar-refractivity contribution in [3.05, 3.63) is 0 Å². The van der Waals surface area contributed by atoms with Crippen LogP contribution in [0, 0.1) is 34.5 Å². The van der Waals surface area contributed by atoms with E-state index in [9.17, 15) is 0 Å². The van der Waals surface area contributed by atoms with Gasteiger partial charge in [0.05, 0.1) is 6.10 Å². The third-order valence-electron chi connectivity index (χ3n) is 8.73. The Hall–Kier alpha value is -0.0400. The molecule has 0 radical (unpaired) electrons. The molecule has 0 heterocycles. The second-order valence-electron chi connectivity index (χ2n) is 9.37. The van der Waals surface area contributed by atoms with Crippen molar-refractivity contribution >= 4 is 0 Å². The predicted octanol–water partition coefficient (Wildman–Crippen LogP) is 5.43. The zero-order chi connectivity index (χ0) is 14.7. The van der Waals surface area contributed by atoms with Gasteiger partial charge in [0.25, 0.3) is 0 Å². The minimum atomic E-state index is 0.556. The highest BCUT2D eigenvalue weighted by atomic mass is 16.5. The molecule has 0 bridgehead atoms. The smallest absolute Gasteiger partial charge is 0.0574 e. The van der Waals surface area contributed by atoms with Gasteiger partial charge in [0, 0.05) is 7.11 Å². The van der Waals surface area contributed by atoms with Gasteiger partial charge < -0.3 is 4.74 Å². The van der Waals surface area contributed by atoms with Crippen LogP contribution in [-0.2, 0) is 4.74 Å². The molecule has 4 saturated carbocycles. The Labute approximate surface area is 131 Å². The van der Waals surface area contributed by atoms with E-state index in [0.717, 1.165) is 23.7 Å². The van der Waals surface area contributed by atoms with Crippen LogP contribution in [0.1, 0.15) is 78.1 Å². The van der Waals surface area contributed by atoms with E-state index in [2.05, 4.69) is 13.8 Å². The first-order valence-electron chi connectivity index (χ1n) is 9.60. The fourth-order valence-corrected chi connectivity index (χ4v) is 7.43. The molecule has 0 aromatic heterocycles. The van der Waals surface area contributed by atoms with Gasteiger partial charge in [-0.15, -0.1) is 0 Å². The summed E-state index contributed by atoms with van der Waals surface area (Å²) < 4.78 is 5.71. The topological polar surface area (TPSA) is 9.23 Å². The molecule has 0 N–H and O–H groups in total. The van der Waals surface area contributed by atoms with Gasteiger partial charge in [-0.3, -0.25) is 0 Å². The number of methoxy groups -OCH3 is 1. The zero-order valence-corrected chi connectivity index (χ0v) is 14.4. The Kier molecular flexibility index (Phi) is 3.45. The van der Waals surface area contributed by atoms with Gasteiger partial charge in [-0.1, -0.05) is 20.3 Å². The number of ether oxygens (including phenoxy) is 1. The van der Waals surface area contributed by atoms with E-state index in [0.29, 0.717) is 16.9 Å². The van der Waals surface area contributed by atoms with Crippen LogP contribution in [0.5, 0.6) is 0 Å². The van der Waals surface area contributed by atoms with Crippen molar-refractivity contribution in [2.75, 3.05) is 7.11 Å². The van der Waals surface area contributed by atoms with E-state index in [1.165, 1.54) is 57.8 Å². The van der Waals surface area contributed by atoms with Crippen LogP contribution >= 0.6 is 0 Å². The fourth-order valence-electron chi connectivity index (χ4n) is 7.43. The molecule has 0 aromatic carbocycles. The van der Waals surface area contributed by atoms with Gasteiger partial charge in [0.1, 0.15) is 0 Å². The average Bonchev–Trinajstić information content (AvgIpc) is 2.88. The Morgan fingerprint density at radius 3 is 2.52 bits per heavy atom. The first-order valence-corrected chi connectivity index (χ1v) is 9.60. The molecule has 4 aliphatic carbocycles. The summed E-state index contributed by atoms with van der Waals surface area (Å²) in [5.41, 5.74) is 1.36. The van der Waals surface area contributed by atoms with Crippen molar-refractivity contribution in [1.82, 2.24) is 0 Å². The molecule has 4 fully saturated rings. The molecule has 4 aliphatic rings. The molecule has 21 heavy (non-hydrogen) atoms. The van der Waals surface area contributed by atoms with Crippen molar-refractivity contribution in [3.63, 3.8) is 0 Å². The summed E-state index contributed by atoms with van der Waals surface area (Å²) in [4.78, 5) is 0. The monoisotopic (exact) mass is 290 g/mol. The standard InChI is InChI=1S/C20H34O/c1-19-10-4-5-17(19)16-7-6-14-13-15(21-3)8-12-20(14,2)18(16)9-11-19/h14-18H,4-13H2,1-3H3/t14-,15+,16-,17-,18-,19-,20-/m0/s1. The van der Waals surface area contributed by atoms with Crippen molar-refractivity contribution in [2.24, 2.45) is 34.5 Å². The quantitative estimate of drug-likeness (QED) is 0.625. The summed E-state index contributed by atoms with van der Waals surface area (Å²) in [5, 5.41) is 0. The van der Waals surface area contributed by atoms with Crippen LogP contribution in [-0.4, -0.2) is 13.2 Å². The SMILES string of the molecule is CO[C@@H]1CC[C@@]2(C)[C@@H](CC[C@H]3[C@@H]4CCC[C@@]4(C)CC[C@@H]32)C1. The number of hydrogen-bond acceptors (Lipinski definition) is 1. The summed E-state index contributed by atoms with van der Waals surface area (Å²) in [7, 11) is 1.92. The normalized spacial score (nSPS) is 56.4. The van der Waals surface area contributed by atoms with Crippen LogP contribution in [0.25, 0.3) is 0 Å². The first-order chi connectivity index (χ1) is 10.1. The lowest BCUT2D eigenvalue weighted by Crippen LogP contribution is -2.53. The van der Waals surface area contributed by atoms with Crippen LogP contribution in [0.4, 0.5) is 0 Å². The van der Waals surface area contributed by atoms with Gasteiger partial charge in [0.2, 0.25) is 0 Å². The fraction of sp³-hybridized carbons (Fsp3) is 1.00. The van der Waals surface area contributed by atoms with E-state index < -0.39 is 0 Å². The largest absolute Gasteiger partial charge is 0.381 e. The predicted molar refractivity (Wildman–Crippen MR) is 87.1 cm³/mol. The Balaban J connectivity index is 1.59. The summed E-state index contributed by atoms with van der Waals surface area (Å²) in [6.07, 6.45) is 15.3. The van der Waals surface area contributed by atoms with Gasteiger partial charge in [-0.05, 0) is 92.3 Å². The molecule has 7 atom stereocenters. The van der Waals surface area contributed by atoms with Gasteiger partial charge in [-0.2, -0.15) is 0 Å². The van der Waals surface area contributed by atoms with Crippen molar-refractivity contribution in [1.29, 1.82) is 0 Å². The molecular weight excluding hydrogens is 256 g/mol. The molecule has 1 heteroatoms. The van der Waals surface area contributed by atoms with Crippen LogP contribution < -0.4 is 0 Å². The lowest BCUT2D eigenvalue weighted by Gasteiger charge is -2.60. The van der Waals surface area contributed by atoms with Gasteiger partial charge >= 0.3 is 0 Å². The van der Waals surface area contributed by atoms with Crippen LogP contribution in [0.2, 0.25) is 0 Å². The van der Waals surface area contributed by atoms with Gasteiger partial charge in [-0.25, -0.2) is 0 Å². The molecule has 1 nitrogen and oxygen atoms in total. The molecule has 120 valence electrons. The van der Waals surface area contributed by atoms with Crippen molar-refractivity contribution in [2.45, 2.75) is 84.2 Å². The second kappa shape index (κ2) is 4.98. The number of hydrogen-bond donors (Lipinski definition) is 0. The summed E-state index contributed by atoms with van der Waals surface area (Å²) in [6, 6.07) is 0. The molecule has 0 aromatic rings. The maximum atomic E-state index is 5.71. The van der Waals surface area contributed by atoms with Crippen molar-refractivity contribution in [3.8, 4) is 0 Å². The minimum Gasteiger partial charge on any atom is -0.381 e. The summed E-state index contributed by atoms with van der Waals surface area (Å²) in [6.45, 7) is 5.29. The highest BCUT2D eigenvalue weighted by molar-refractivity contribution is 5.07. The molecule has 4 rings (SSSR count). The molecule has 0 unspecified atom stereocenters. The lowest BCUT2D eigenvalue weighted by atomic mass is 9.45. The van der Waals surface area contributed by atoms with E-state index in [-0.39, 0.29) is 0 Å². The average molecular weight is 290 g/mol. The van der Waals surface area contributed by atoms with E-state index >= 15 is 0 Å². The number of rotatable bonds is 1. The molecule has 0 aliphatic heterocycles. The third-order valence-corrected chi connectivity index (χ3v) is 8.73. The van der Waals surface area contributed by atoms with E-state index in [1.54, 1.807) is 6.42 Å². The third kappa shape index (κ3) is 2.06. The zero-order valence-electron chi connectivity index (χ0n) is 14.4. The van der Waals surface area contributed by atoms with E-state index in [1.807, 2.05) is 7.11 Å². The molecule has 0 saturated heterocycles. The first kappa shape index (κ1) is 14.5. The van der Waals surface area contributed by atoms with Gasteiger partial charge in [0.15, 0.2) is 0 Å². The minimum absolute atomic E-state index is 0.556. The Morgan fingerprint density at radius 2 is 1.71 bits per heavy atom. The maximum absolute atomic E-state index is 5.71.